The third-order valence-electron chi connectivity index (χ3n) is 1.23. The van der Waals surface area contributed by atoms with Crippen molar-refractivity contribution in [2.75, 3.05) is 0 Å². The van der Waals surface area contributed by atoms with E-state index in [1.807, 2.05) is 34.1 Å². The van der Waals surface area contributed by atoms with Crippen molar-refractivity contribution in [3.8, 4) is 0 Å². The van der Waals surface area contributed by atoms with Crippen molar-refractivity contribution in [2.24, 2.45) is 5.41 Å². The Bertz CT molecular complexity index is 97.6. The molecule has 1 heteroatoms. The fourth-order valence-electron chi connectivity index (χ4n) is 0.492. The highest BCUT2D eigenvalue weighted by molar-refractivity contribution is 5.84. The molecule has 0 aliphatic rings. The van der Waals surface area contributed by atoms with Crippen LogP contribution in [0.5, 0.6) is 0 Å². The van der Waals surface area contributed by atoms with Crippen LogP contribution in [0.25, 0.3) is 0 Å². The van der Waals surface area contributed by atoms with Crippen LogP contribution in [0, 0.1) is 11.8 Å². The molecule has 0 unspecified atom stereocenters. The summed E-state index contributed by atoms with van der Waals surface area (Å²) in [6.07, 6.45) is 2.50. The van der Waals surface area contributed by atoms with Crippen molar-refractivity contribution in [2.45, 2.75) is 34.1 Å². The van der Waals surface area contributed by atoms with Gasteiger partial charge in [0.25, 0.3) is 0 Å². The number of Topliss-reactive ketones (excluding diaryl/α,β-unsaturated/α-hetero) is 1. The summed E-state index contributed by atoms with van der Waals surface area (Å²) in [5.74, 6) is 0.310. The molecule has 0 bridgehead atoms. The molecule has 0 spiro atoms. The highest BCUT2D eigenvalue weighted by atomic mass is 16.1. The van der Waals surface area contributed by atoms with Gasteiger partial charge in [-0.3, -0.25) is 4.79 Å². The number of hydrogen-bond acceptors (Lipinski definition) is 1. The van der Waals surface area contributed by atoms with Gasteiger partial charge in [-0.15, -0.1) is 0 Å². The Kier molecular flexibility index (Phi) is 2.89. The minimum absolute atomic E-state index is 0.160. The van der Waals surface area contributed by atoms with Gasteiger partial charge >= 0.3 is 0 Å². The van der Waals surface area contributed by atoms with Gasteiger partial charge in [0.15, 0.2) is 0 Å². The molecule has 0 aliphatic carbocycles. The predicted octanol–water partition coefficient (Wildman–Crippen LogP) is 2.22. The molecule has 1 nitrogen and oxygen atoms in total. The minimum Gasteiger partial charge on any atom is -0.299 e. The summed E-state index contributed by atoms with van der Waals surface area (Å²) in [4.78, 5) is 11.0. The summed E-state index contributed by atoms with van der Waals surface area (Å²) >= 11 is 0. The number of ketones is 1. The van der Waals surface area contributed by atoms with E-state index < -0.39 is 0 Å². The van der Waals surface area contributed by atoms with E-state index in [1.165, 1.54) is 0 Å². The molecule has 0 amide bonds. The van der Waals surface area contributed by atoms with Gasteiger partial charge in [-0.05, 0) is 6.42 Å². The van der Waals surface area contributed by atoms with Crippen LogP contribution in [0.1, 0.15) is 34.1 Å². The Balaban J connectivity index is 3.74. The number of carbonyl (C=O) groups is 1. The van der Waals surface area contributed by atoms with E-state index >= 15 is 0 Å². The average Bonchev–Trinajstić information content (AvgIpc) is 1.64. The monoisotopic (exact) mass is 127 g/mol. The van der Waals surface area contributed by atoms with E-state index in [2.05, 4.69) is 0 Å². The Labute approximate surface area is 57.5 Å². The number of rotatable bonds is 2. The van der Waals surface area contributed by atoms with Crippen LogP contribution in [-0.2, 0) is 4.79 Å². The summed E-state index contributed by atoms with van der Waals surface area (Å²) < 4.78 is 0. The largest absolute Gasteiger partial charge is 0.299 e. The predicted molar refractivity (Wildman–Crippen MR) is 39.1 cm³/mol. The molecule has 0 aromatic carbocycles. The van der Waals surface area contributed by atoms with Crippen LogP contribution < -0.4 is 0 Å². The highest BCUT2D eigenvalue weighted by Crippen LogP contribution is 2.16. The van der Waals surface area contributed by atoms with Crippen molar-refractivity contribution < 1.29 is 4.79 Å². The summed E-state index contributed by atoms with van der Waals surface area (Å²) in [7, 11) is 0. The Hall–Kier alpha value is -0.330. The lowest BCUT2D eigenvalue weighted by atomic mass is 9.88. The third-order valence-corrected chi connectivity index (χ3v) is 1.23. The second-order valence-electron chi connectivity index (χ2n) is 3.29. The summed E-state index contributed by atoms with van der Waals surface area (Å²) in [6.45, 7) is 7.74. The van der Waals surface area contributed by atoms with E-state index in [0.29, 0.717) is 12.2 Å². The van der Waals surface area contributed by atoms with Gasteiger partial charge in [0.05, 0.1) is 0 Å². The zero-order chi connectivity index (χ0) is 7.49. The van der Waals surface area contributed by atoms with Crippen molar-refractivity contribution in [1.29, 1.82) is 0 Å². The normalized spacial score (nSPS) is 11.6. The fourth-order valence-corrected chi connectivity index (χ4v) is 0.492. The van der Waals surface area contributed by atoms with Gasteiger partial charge in [-0.2, -0.15) is 0 Å². The Morgan fingerprint density at radius 2 is 1.89 bits per heavy atom. The standard InChI is InChI=1S/C8H15O/c1-5-6-7(9)8(2,3)4/h5H,6H2,1-4H3. The molecule has 0 rings (SSSR count). The lowest BCUT2D eigenvalue weighted by Crippen LogP contribution is -2.19. The molecule has 0 saturated heterocycles. The molecule has 9 heavy (non-hydrogen) atoms. The SMILES string of the molecule is C[CH]CC(=O)C(C)(C)C. The van der Waals surface area contributed by atoms with E-state index in [0.717, 1.165) is 0 Å². The molecule has 0 aromatic heterocycles. The average molecular weight is 127 g/mol. The van der Waals surface area contributed by atoms with Crippen LogP contribution in [0.2, 0.25) is 0 Å². The lowest BCUT2D eigenvalue weighted by Gasteiger charge is -2.14. The second kappa shape index (κ2) is 3.00. The molecular formula is C8H15O. The fraction of sp³-hybridized carbons (Fsp3) is 0.750. The summed E-state index contributed by atoms with van der Waals surface area (Å²) in [5, 5.41) is 0. The second-order valence-corrected chi connectivity index (χ2v) is 3.29. The van der Waals surface area contributed by atoms with E-state index in [4.69, 9.17) is 0 Å². The maximum Gasteiger partial charge on any atom is 0.138 e. The Morgan fingerprint density at radius 1 is 1.44 bits per heavy atom. The quantitative estimate of drug-likeness (QED) is 0.556. The van der Waals surface area contributed by atoms with Gasteiger partial charge in [0.1, 0.15) is 5.78 Å². The van der Waals surface area contributed by atoms with Crippen molar-refractivity contribution >= 4 is 5.78 Å². The molecule has 0 heterocycles. The van der Waals surface area contributed by atoms with Crippen LogP contribution in [0.3, 0.4) is 0 Å². The van der Waals surface area contributed by atoms with Gasteiger partial charge in [-0.1, -0.05) is 27.7 Å². The van der Waals surface area contributed by atoms with Crippen LogP contribution in [0.4, 0.5) is 0 Å². The number of carbonyl (C=O) groups excluding carboxylic acids is 1. The van der Waals surface area contributed by atoms with Crippen molar-refractivity contribution in [3.05, 3.63) is 6.42 Å². The molecule has 0 aromatic rings. The first-order chi connectivity index (χ1) is 3.98. The highest BCUT2D eigenvalue weighted by Gasteiger charge is 2.19. The van der Waals surface area contributed by atoms with Crippen molar-refractivity contribution in [3.63, 3.8) is 0 Å². The molecule has 0 saturated carbocycles. The van der Waals surface area contributed by atoms with Crippen LogP contribution >= 0.6 is 0 Å². The van der Waals surface area contributed by atoms with Gasteiger partial charge in [0, 0.05) is 11.8 Å². The Morgan fingerprint density at radius 3 is 2.00 bits per heavy atom. The molecule has 0 atom stereocenters. The molecule has 53 valence electrons. The van der Waals surface area contributed by atoms with Gasteiger partial charge in [-0.25, -0.2) is 0 Å². The van der Waals surface area contributed by atoms with E-state index in [9.17, 15) is 4.79 Å². The first-order valence-corrected chi connectivity index (χ1v) is 3.29. The van der Waals surface area contributed by atoms with Crippen LogP contribution in [0.15, 0.2) is 0 Å². The topological polar surface area (TPSA) is 17.1 Å². The molecule has 1 radical (unpaired) electrons. The molecular weight excluding hydrogens is 112 g/mol. The third kappa shape index (κ3) is 3.28. The zero-order valence-electron chi connectivity index (χ0n) is 6.69. The summed E-state index contributed by atoms with van der Waals surface area (Å²) in [5.41, 5.74) is -0.160. The molecule has 0 fully saturated rings. The smallest absolute Gasteiger partial charge is 0.138 e. The van der Waals surface area contributed by atoms with Gasteiger partial charge < -0.3 is 0 Å². The number of hydrogen-bond donors (Lipinski definition) is 0. The van der Waals surface area contributed by atoms with E-state index in [1.54, 1.807) is 0 Å². The molecule has 0 aliphatic heterocycles. The minimum atomic E-state index is -0.160. The zero-order valence-corrected chi connectivity index (χ0v) is 6.69. The van der Waals surface area contributed by atoms with E-state index in [-0.39, 0.29) is 5.41 Å². The van der Waals surface area contributed by atoms with Gasteiger partial charge in [0.2, 0.25) is 0 Å². The molecule has 0 N–H and O–H groups in total. The first kappa shape index (κ1) is 8.67. The van der Waals surface area contributed by atoms with Crippen molar-refractivity contribution in [1.82, 2.24) is 0 Å². The maximum absolute atomic E-state index is 11.0. The van der Waals surface area contributed by atoms with Crippen LogP contribution in [-0.4, -0.2) is 5.78 Å². The maximum atomic E-state index is 11.0. The summed E-state index contributed by atoms with van der Waals surface area (Å²) in [6, 6.07) is 0. The first-order valence-electron chi connectivity index (χ1n) is 3.29. The lowest BCUT2D eigenvalue weighted by molar-refractivity contribution is -0.125.